The third-order valence-corrected chi connectivity index (χ3v) is 4.62. The maximum atomic E-state index is 4.65. The van der Waals surface area contributed by atoms with Gasteiger partial charge in [-0.2, -0.15) is 10.1 Å². The van der Waals surface area contributed by atoms with Crippen molar-refractivity contribution >= 4 is 17.5 Å². The predicted octanol–water partition coefficient (Wildman–Crippen LogP) is 3.74. The van der Waals surface area contributed by atoms with E-state index in [1.165, 1.54) is 16.7 Å². The molecule has 0 unspecified atom stereocenters. The standard InChI is InChI=1S/C20H21N5/c1-2-15-7-9-18(10-8-15)22-20-23-19(13-21-24-20)25-12-11-16-5-3-4-6-17(16)14-25/h3-10,13H,2,11-12,14H2,1H3,(H,22,23,24). The highest BCUT2D eigenvalue weighted by molar-refractivity contribution is 5.55. The molecule has 0 fully saturated rings. The Balaban J connectivity index is 1.51. The second-order valence-corrected chi connectivity index (χ2v) is 6.25. The largest absolute Gasteiger partial charge is 0.350 e. The summed E-state index contributed by atoms with van der Waals surface area (Å²) in [5, 5.41) is 11.5. The zero-order valence-electron chi connectivity index (χ0n) is 14.3. The van der Waals surface area contributed by atoms with E-state index in [0.29, 0.717) is 5.95 Å². The van der Waals surface area contributed by atoms with Crippen LogP contribution in [0.4, 0.5) is 17.5 Å². The van der Waals surface area contributed by atoms with Crippen molar-refractivity contribution in [3.8, 4) is 0 Å². The maximum absolute atomic E-state index is 4.65. The lowest BCUT2D eigenvalue weighted by molar-refractivity contribution is 0.715. The lowest BCUT2D eigenvalue weighted by atomic mass is 10.0. The quantitative estimate of drug-likeness (QED) is 0.789. The van der Waals surface area contributed by atoms with Gasteiger partial charge < -0.3 is 10.2 Å². The molecule has 126 valence electrons. The van der Waals surface area contributed by atoms with E-state index in [9.17, 15) is 0 Å². The number of rotatable bonds is 4. The van der Waals surface area contributed by atoms with Crippen molar-refractivity contribution in [1.29, 1.82) is 0 Å². The molecule has 0 saturated carbocycles. The van der Waals surface area contributed by atoms with Gasteiger partial charge in [0.1, 0.15) is 0 Å². The van der Waals surface area contributed by atoms with Crippen molar-refractivity contribution in [3.05, 3.63) is 71.4 Å². The normalized spacial score (nSPS) is 13.4. The average Bonchev–Trinajstić information content (AvgIpc) is 2.68. The number of hydrogen-bond acceptors (Lipinski definition) is 5. The fraction of sp³-hybridized carbons (Fsp3) is 0.250. The molecule has 0 saturated heterocycles. The number of fused-ring (bicyclic) bond motifs is 1. The molecule has 1 N–H and O–H groups in total. The SMILES string of the molecule is CCc1ccc(Nc2nncc(N3CCc4ccccc4C3)n2)cc1. The molecule has 5 nitrogen and oxygen atoms in total. The lowest BCUT2D eigenvalue weighted by Gasteiger charge is -2.29. The summed E-state index contributed by atoms with van der Waals surface area (Å²) in [6.45, 7) is 3.95. The molecule has 0 radical (unpaired) electrons. The Kier molecular flexibility index (Phi) is 4.29. The molecule has 2 heterocycles. The summed E-state index contributed by atoms with van der Waals surface area (Å²) in [5.74, 6) is 1.39. The molecule has 3 aromatic rings. The summed E-state index contributed by atoms with van der Waals surface area (Å²) < 4.78 is 0. The Hall–Kier alpha value is -2.95. The van der Waals surface area contributed by atoms with Gasteiger partial charge in [0.2, 0.25) is 5.95 Å². The van der Waals surface area contributed by atoms with E-state index < -0.39 is 0 Å². The van der Waals surface area contributed by atoms with Crippen molar-refractivity contribution in [2.24, 2.45) is 0 Å². The molecular weight excluding hydrogens is 310 g/mol. The second-order valence-electron chi connectivity index (χ2n) is 6.25. The molecule has 0 atom stereocenters. The third-order valence-electron chi connectivity index (χ3n) is 4.62. The van der Waals surface area contributed by atoms with Crippen LogP contribution in [0.25, 0.3) is 0 Å². The Labute approximate surface area is 147 Å². The average molecular weight is 331 g/mol. The van der Waals surface area contributed by atoms with Crippen LogP contribution < -0.4 is 10.2 Å². The van der Waals surface area contributed by atoms with E-state index in [1.807, 2.05) is 12.1 Å². The van der Waals surface area contributed by atoms with Gasteiger partial charge >= 0.3 is 0 Å². The molecule has 2 aromatic carbocycles. The fourth-order valence-electron chi connectivity index (χ4n) is 3.14. The van der Waals surface area contributed by atoms with Gasteiger partial charge in [0, 0.05) is 18.8 Å². The molecule has 0 amide bonds. The van der Waals surface area contributed by atoms with Crippen LogP contribution in [0.2, 0.25) is 0 Å². The van der Waals surface area contributed by atoms with Crippen molar-refractivity contribution < 1.29 is 0 Å². The molecular formula is C20H21N5. The lowest BCUT2D eigenvalue weighted by Crippen LogP contribution is -2.31. The van der Waals surface area contributed by atoms with Crippen molar-refractivity contribution in [1.82, 2.24) is 15.2 Å². The van der Waals surface area contributed by atoms with E-state index >= 15 is 0 Å². The summed E-state index contributed by atoms with van der Waals surface area (Å²) >= 11 is 0. The molecule has 0 bridgehead atoms. The van der Waals surface area contributed by atoms with Crippen LogP contribution in [0.3, 0.4) is 0 Å². The van der Waals surface area contributed by atoms with E-state index in [4.69, 9.17) is 0 Å². The van der Waals surface area contributed by atoms with Gasteiger partial charge in [-0.25, -0.2) is 0 Å². The minimum atomic E-state index is 0.528. The summed E-state index contributed by atoms with van der Waals surface area (Å²) in [6.07, 6.45) is 3.80. The van der Waals surface area contributed by atoms with Gasteiger partial charge in [0.25, 0.3) is 0 Å². The Bertz CT molecular complexity index is 860. The minimum Gasteiger partial charge on any atom is -0.350 e. The number of aryl methyl sites for hydroxylation is 1. The molecule has 1 aliphatic rings. The van der Waals surface area contributed by atoms with Crippen LogP contribution in [-0.4, -0.2) is 21.7 Å². The van der Waals surface area contributed by atoms with Crippen molar-refractivity contribution in [3.63, 3.8) is 0 Å². The summed E-state index contributed by atoms with van der Waals surface area (Å²) in [6, 6.07) is 16.9. The van der Waals surface area contributed by atoms with Crippen LogP contribution in [0.1, 0.15) is 23.6 Å². The number of benzene rings is 2. The zero-order valence-corrected chi connectivity index (χ0v) is 14.3. The summed E-state index contributed by atoms with van der Waals surface area (Å²) in [4.78, 5) is 6.90. The number of nitrogens with zero attached hydrogens (tertiary/aromatic N) is 4. The first-order valence-electron chi connectivity index (χ1n) is 8.69. The van der Waals surface area contributed by atoms with Crippen molar-refractivity contribution in [2.75, 3.05) is 16.8 Å². The number of aromatic nitrogens is 3. The van der Waals surface area contributed by atoms with Crippen LogP contribution in [0.5, 0.6) is 0 Å². The number of nitrogens with one attached hydrogen (secondary N) is 1. The van der Waals surface area contributed by atoms with E-state index in [-0.39, 0.29) is 0 Å². The third kappa shape index (κ3) is 3.45. The monoisotopic (exact) mass is 331 g/mol. The van der Waals surface area contributed by atoms with Crippen LogP contribution >= 0.6 is 0 Å². The first-order valence-corrected chi connectivity index (χ1v) is 8.69. The van der Waals surface area contributed by atoms with Gasteiger partial charge in [-0.3, -0.25) is 0 Å². The van der Waals surface area contributed by atoms with Crippen molar-refractivity contribution in [2.45, 2.75) is 26.3 Å². The van der Waals surface area contributed by atoms with E-state index in [0.717, 1.165) is 37.4 Å². The van der Waals surface area contributed by atoms with Gasteiger partial charge in [-0.1, -0.05) is 43.3 Å². The van der Waals surface area contributed by atoms with Gasteiger partial charge in [0.05, 0.1) is 6.20 Å². The Morgan fingerprint density at radius 1 is 1.04 bits per heavy atom. The van der Waals surface area contributed by atoms with E-state index in [1.54, 1.807) is 6.20 Å². The Morgan fingerprint density at radius 2 is 1.84 bits per heavy atom. The first kappa shape index (κ1) is 15.6. The smallest absolute Gasteiger partial charge is 0.249 e. The molecule has 4 rings (SSSR count). The summed E-state index contributed by atoms with van der Waals surface area (Å²) in [7, 11) is 0. The molecule has 5 heteroatoms. The van der Waals surface area contributed by atoms with Crippen LogP contribution in [0.15, 0.2) is 54.7 Å². The fourth-order valence-corrected chi connectivity index (χ4v) is 3.14. The second kappa shape index (κ2) is 6.89. The van der Waals surface area contributed by atoms with Gasteiger partial charge in [-0.15, -0.1) is 5.10 Å². The highest BCUT2D eigenvalue weighted by Gasteiger charge is 2.17. The molecule has 25 heavy (non-hydrogen) atoms. The molecule has 0 aliphatic carbocycles. The van der Waals surface area contributed by atoms with Crippen LogP contribution in [0, 0.1) is 0 Å². The highest BCUT2D eigenvalue weighted by atomic mass is 15.3. The van der Waals surface area contributed by atoms with E-state index in [2.05, 4.69) is 68.7 Å². The zero-order chi connectivity index (χ0) is 17.1. The molecule has 1 aromatic heterocycles. The summed E-state index contributed by atoms with van der Waals surface area (Å²) in [5.41, 5.74) is 5.07. The molecule has 1 aliphatic heterocycles. The highest BCUT2D eigenvalue weighted by Crippen LogP contribution is 2.23. The Morgan fingerprint density at radius 3 is 2.64 bits per heavy atom. The molecule has 0 spiro atoms. The van der Waals surface area contributed by atoms with Crippen LogP contribution in [-0.2, 0) is 19.4 Å². The first-order chi connectivity index (χ1) is 12.3. The topological polar surface area (TPSA) is 53.9 Å². The number of anilines is 3. The number of hydrogen-bond donors (Lipinski definition) is 1. The van der Waals surface area contributed by atoms with Gasteiger partial charge in [0.15, 0.2) is 5.82 Å². The predicted molar refractivity (Wildman–Crippen MR) is 100 cm³/mol. The minimum absolute atomic E-state index is 0.528. The maximum Gasteiger partial charge on any atom is 0.249 e. The van der Waals surface area contributed by atoms with Gasteiger partial charge in [-0.05, 0) is 41.7 Å².